The number of hydrogen-bond donors (Lipinski definition) is 0. The van der Waals surface area contributed by atoms with Gasteiger partial charge in [-0.1, -0.05) is 98.4 Å². The highest BCUT2D eigenvalue weighted by Crippen LogP contribution is 2.43. The molecule has 8 nitrogen and oxygen atoms in total. The summed E-state index contributed by atoms with van der Waals surface area (Å²) in [5, 5.41) is 5.19. The Balaban J connectivity index is 1.84. The summed E-state index contributed by atoms with van der Waals surface area (Å²) in [5.41, 5.74) is 2.30. The van der Waals surface area contributed by atoms with Crippen molar-refractivity contribution >= 4 is 89.1 Å². The van der Waals surface area contributed by atoms with Crippen LogP contribution in [0.2, 0.25) is 0 Å². The predicted octanol–water partition coefficient (Wildman–Crippen LogP) is 13.5. The molecular formula is C48H70O8S4. The van der Waals surface area contributed by atoms with Crippen LogP contribution >= 0.6 is 47.0 Å². The van der Waals surface area contributed by atoms with Gasteiger partial charge in [0.2, 0.25) is 0 Å². The van der Waals surface area contributed by atoms with Crippen molar-refractivity contribution in [2.45, 2.75) is 144 Å². The first-order valence-electron chi connectivity index (χ1n) is 22.1. The van der Waals surface area contributed by atoms with E-state index in [9.17, 15) is 19.2 Å². The van der Waals surface area contributed by atoms with Crippen LogP contribution in [0.1, 0.15) is 142 Å². The molecule has 334 valence electrons. The van der Waals surface area contributed by atoms with Gasteiger partial charge < -0.3 is 18.9 Å². The quantitative estimate of drug-likeness (QED) is 0.0440. The zero-order chi connectivity index (χ0) is 43.5. The molecule has 0 N–H and O–H groups in total. The van der Waals surface area contributed by atoms with Crippen LogP contribution in [0.4, 0.5) is 0 Å². The van der Waals surface area contributed by atoms with E-state index in [0.717, 1.165) is 181 Å². The first kappa shape index (κ1) is 51.8. The fraction of sp³-hybridized carbons (Fsp3) is 0.625. The van der Waals surface area contributed by atoms with Gasteiger partial charge in [0.1, 0.15) is 0 Å². The van der Waals surface area contributed by atoms with Crippen LogP contribution in [0, 0.1) is 13.8 Å². The van der Waals surface area contributed by atoms with Crippen LogP contribution in [-0.4, -0.2) is 69.9 Å². The predicted molar refractivity (Wildman–Crippen MR) is 259 cm³/mol. The SMILES string of the molecule is CC(=O)SCCCCCCOc1cc2c(C)c3cc(OCCCCCCSC(C)=O)c(OCCCCCCSC(C)=O)cc3c(C)c2cc1OCCCCCCSC(C)=O. The second kappa shape index (κ2) is 30.5. The lowest BCUT2D eigenvalue weighted by Crippen LogP contribution is -2.05. The standard InChI is InChI=1S/C48H70O8S4/c1-35-41-31-45(53-23-15-7-11-19-27-57-37(3)49)47(55-25-17-9-13-21-29-59-39(5)51)33-43(41)36(2)44-34-48(56-26-18-10-14-22-30-60-40(6)52)46(32-42(35)44)54-24-16-8-12-20-28-58-38(4)50/h31-34H,7-30H2,1-6H3. The number of thioether (sulfide) groups is 4. The molecule has 0 radical (unpaired) electrons. The van der Waals surface area contributed by atoms with Gasteiger partial charge in [0, 0.05) is 50.7 Å². The number of fused-ring (bicyclic) bond motifs is 2. The topological polar surface area (TPSA) is 105 Å². The van der Waals surface area contributed by atoms with E-state index in [1.165, 1.54) is 47.0 Å². The highest BCUT2D eigenvalue weighted by atomic mass is 32.2. The summed E-state index contributed by atoms with van der Waals surface area (Å²) < 4.78 is 25.9. The lowest BCUT2D eigenvalue weighted by Gasteiger charge is -2.20. The van der Waals surface area contributed by atoms with Crippen molar-refractivity contribution in [2.24, 2.45) is 0 Å². The molecule has 0 bridgehead atoms. The van der Waals surface area contributed by atoms with Crippen LogP contribution < -0.4 is 18.9 Å². The molecule has 0 saturated heterocycles. The Labute approximate surface area is 377 Å². The number of carbonyl (C=O) groups excluding carboxylic acids is 4. The van der Waals surface area contributed by atoms with Gasteiger partial charge in [0.05, 0.1) is 26.4 Å². The van der Waals surface area contributed by atoms with E-state index in [2.05, 4.69) is 38.1 Å². The molecule has 3 aromatic carbocycles. The summed E-state index contributed by atoms with van der Waals surface area (Å²) in [4.78, 5) is 45.1. The second-order valence-electron chi connectivity index (χ2n) is 15.3. The van der Waals surface area contributed by atoms with Crippen molar-refractivity contribution in [3.05, 3.63) is 35.4 Å². The van der Waals surface area contributed by atoms with Crippen molar-refractivity contribution in [3.8, 4) is 23.0 Å². The average molecular weight is 903 g/mol. The Morgan fingerprint density at radius 1 is 0.350 bits per heavy atom. The number of ether oxygens (including phenoxy) is 4. The van der Waals surface area contributed by atoms with Crippen LogP contribution in [0.3, 0.4) is 0 Å². The first-order chi connectivity index (χ1) is 29.0. The summed E-state index contributed by atoms with van der Waals surface area (Å²) >= 11 is 5.59. The molecule has 0 saturated carbocycles. The minimum atomic E-state index is 0.175. The molecule has 0 spiro atoms. The Morgan fingerprint density at radius 3 is 0.750 bits per heavy atom. The van der Waals surface area contributed by atoms with Gasteiger partial charge in [0.15, 0.2) is 43.5 Å². The van der Waals surface area contributed by atoms with Crippen molar-refractivity contribution in [1.82, 2.24) is 0 Å². The first-order valence-corrected chi connectivity index (χ1v) is 26.0. The highest BCUT2D eigenvalue weighted by Gasteiger charge is 2.18. The molecule has 0 aliphatic rings. The smallest absolute Gasteiger partial charge is 0.185 e. The van der Waals surface area contributed by atoms with Crippen LogP contribution in [0.25, 0.3) is 21.5 Å². The monoisotopic (exact) mass is 902 g/mol. The molecule has 0 fully saturated rings. The summed E-state index contributed by atoms with van der Waals surface area (Å²) in [6.45, 7) is 13.2. The fourth-order valence-electron chi connectivity index (χ4n) is 6.93. The van der Waals surface area contributed by atoms with Gasteiger partial charge in [0.25, 0.3) is 0 Å². The minimum Gasteiger partial charge on any atom is -0.490 e. The summed E-state index contributed by atoms with van der Waals surface area (Å²) in [6, 6.07) is 8.61. The molecule has 0 amide bonds. The van der Waals surface area contributed by atoms with Crippen LogP contribution in [0.5, 0.6) is 23.0 Å². The van der Waals surface area contributed by atoms with Gasteiger partial charge in [-0.2, -0.15) is 0 Å². The number of carbonyl (C=O) groups is 4. The van der Waals surface area contributed by atoms with E-state index in [4.69, 9.17) is 18.9 Å². The number of unbranched alkanes of at least 4 members (excludes halogenated alkanes) is 12. The molecule has 0 atom stereocenters. The largest absolute Gasteiger partial charge is 0.490 e. The van der Waals surface area contributed by atoms with E-state index in [1.807, 2.05) is 0 Å². The zero-order valence-corrected chi connectivity index (χ0v) is 40.4. The normalized spacial score (nSPS) is 11.3. The third-order valence-corrected chi connectivity index (χ3v) is 13.8. The molecule has 3 aromatic rings. The van der Waals surface area contributed by atoms with E-state index >= 15 is 0 Å². The van der Waals surface area contributed by atoms with E-state index in [1.54, 1.807) is 27.7 Å². The number of hydrogen-bond acceptors (Lipinski definition) is 12. The summed E-state index contributed by atoms with van der Waals surface area (Å²) in [7, 11) is 0. The van der Waals surface area contributed by atoms with Gasteiger partial charge in [-0.15, -0.1) is 0 Å². The maximum atomic E-state index is 11.3. The van der Waals surface area contributed by atoms with Crippen molar-refractivity contribution in [3.63, 3.8) is 0 Å². The fourth-order valence-corrected chi connectivity index (χ4v) is 9.47. The van der Waals surface area contributed by atoms with Crippen molar-refractivity contribution < 1.29 is 38.1 Å². The zero-order valence-electron chi connectivity index (χ0n) is 37.2. The Bertz CT molecular complexity index is 1540. The maximum absolute atomic E-state index is 11.3. The maximum Gasteiger partial charge on any atom is 0.185 e. The van der Waals surface area contributed by atoms with Crippen LogP contribution in [-0.2, 0) is 19.2 Å². The Kier molecular flexibility index (Phi) is 26.3. The molecule has 0 heterocycles. The summed E-state index contributed by atoms with van der Waals surface area (Å²) in [6.07, 6.45) is 16.2. The lowest BCUT2D eigenvalue weighted by atomic mass is 9.92. The molecule has 0 aliphatic heterocycles. The minimum absolute atomic E-state index is 0.175. The van der Waals surface area contributed by atoms with E-state index < -0.39 is 0 Å². The molecule has 0 aromatic heterocycles. The van der Waals surface area contributed by atoms with Gasteiger partial charge in [-0.25, -0.2) is 0 Å². The van der Waals surface area contributed by atoms with Crippen molar-refractivity contribution in [2.75, 3.05) is 49.4 Å². The molecule has 0 aliphatic carbocycles. The molecule has 60 heavy (non-hydrogen) atoms. The summed E-state index contributed by atoms with van der Waals surface area (Å²) in [5.74, 6) is 6.50. The van der Waals surface area contributed by atoms with E-state index in [0.29, 0.717) is 26.4 Å². The Hall–Kier alpha value is -2.54. The number of rotatable bonds is 32. The lowest BCUT2D eigenvalue weighted by molar-refractivity contribution is -0.109. The number of aryl methyl sites for hydroxylation is 2. The van der Waals surface area contributed by atoms with Gasteiger partial charge in [-0.3, -0.25) is 19.2 Å². The van der Waals surface area contributed by atoms with Gasteiger partial charge >= 0.3 is 0 Å². The van der Waals surface area contributed by atoms with Gasteiger partial charge in [-0.05, 0) is 122 Å². The highest BCUT2D eigenvalue weighted by molar-refractivity contribution is 8.14. The molecule has 0 unspecified atom stereocenters. The average Bonchev–Trinajstić information content (AvgIpc) is 3.20. The Morgan fingerprint density at radius 2 is 0.550 bits per heavy atom. The third-order valence-electron chi connectivity index (χ3n) is 10.2. The molecule has 3 rings (SSSR count). The number of benzene rings is 3. The third kappa shape index (κ3) is 20.6. The molecule has 12 heteroatoms. The van der Waals surface area contributed by atoms with Crippen LogP contribution in [0.15, 0.2) is 24.3 Å². The second-order valence-corrected chi connectivity index (χ2v) is 20.4. The van der Waals surface area contributed by atoms with E-state index in [-0.39, 0.29) is 20.5 Å². The van der Waals surface area contributed by atoms with Crippen molar-refractivity contribution in [1.29, 1.82) is 0 Å². The molecular weight excluding hydrogens is 833 g/mol.